The lowest BCUT2D eigenvalue weighted by Gasteiger charge is -2.15. The van der Waals surface area contributed by atoms with E-state index in [4.69, 9.17) is 10.00 Å². The molecule has 0 bridgehead atoms. The van der Waals surface area contributed by atoms with Gasteiger partial charge in [0, 0.05) is 6.54 Å². The molecule has 0 aliphatic carbocycles. The first kappa shape index (κ1) is 15.8. The van der Waals surface area contributed by atoms with Gasteiger partial charge in [-0.1, -0.05) is 13.8 Å². The van der Waals surface area contributed by atoms with Crippen molar-refractivity contribution in [2.75, 3.05) is 7.11 Å². The third-order valence-corrected chi connectivity index (χ3v) is 3.61. The number of nitriles is 1. The molecule has 1 aromatic heterocycles. The first-order valence-corrected chi connectivity index (χ1v) is 7.35. The van der Waals surface area contributed by atoms with Crippen molar-refractivity contribution >= 4 is 0 Å². The molecule has 0 saturated carbocycles. The molecule has 0 aliphatic heterocycles. The van der Waals surface area contributed by atoms with Gasteiger partial charge in [-0.15, -0.1) is 0 Å². The third-order valence-electron chi connectivity index (χ3n) is 3.61. The summed E-state index contributed by atoms with van der Waals surface area (Å²) in [5.41, 5.74) is 1.72. The van der Waals surface area contributed by atoms with Crippen LogP contribution in [0.2, 0.25) is 0 Å². The van der Waals surface area contributed by atoms with Crippen molar-refractivity contribution in [2.45, 2.75) is 26.8 Å². The molecule has 0 saturated heterocycles. The van der Waals surface area contributed by atoms with Crippen LogP contribution in [0.4, 0.5) is 0 Å². The summed E-state index contributed by atoms with van der Waals surface area (Å²) in [6.45, 7) is 4.84. The van der Waals surface area contributed by atoms with Gasteiger partial charge in [0.15, 0.2) is 0 Å². The summed E-state index contributed by atoms with van der Waals surface area (Å²) in [5, 5.41) is 9.07. The van der Waals surface area contributed by atoms with Gasteiger partial charge >= 0.3 is 0 Å². The van der Waals surface area contributed by atoms with Crippen LogP contribution in [0.5, 0.6) is 5.75 Å². The Hall–Kier alpha value is -2.54. The molecule has 4 nitrogen and oxygen atoms in total. The molecule has 0 fully saturated rings. The van der Waals surface area contributed by atoms with Crippen LogP contribution in [0.3, 0.4) is 0 Å². The Kier molecular flexibility index (Phi) is 5.00. The van der Waals surface area contributed by atoms with Gasteiger partial charge in [0.1, 0.15) is 17.4 Å². The number of hydrogen-bond donors (Lipinski definition) is 0. The molecule has 4 heteroatoms. The van der Waals surface area contributed by atoms with Crippen molar-refractivity contribution in [3.05, 3.63) is 52.3 Å². The molecule has 1 heterocycles. The number of aromatic nitrogens is 1. The van der Waals surface area contributed by atoms with Crippen molar-refractivity contribution in [1.29, 1.82) is 5.26 Å². The maximum absolute atomic E-state index is 12.4. The van der Waals surface area contributed by atoms with Crippen LogP contribution in [0, 0.1) is 17.2 Å². The number of nitrogens with zero attached hydrogens (tertiary/aromatic N) is 2. The molecule has 0 aliphatic rings. The van der Waals surface area contributed by atoms with E-state index >= 15 is 0 Å². The molecule has 0 spiro atoms. The number of ether oxygens (including phenoxy) is 1. The molecule has 2 rings (SSSR count). The zero-order valence-electron chi connectivity index (χ0n) is 13.2. The van der Waals surface area contributed by atoms with Crippen LogP contribution in [0.1, 0.15) is 25.8 Å². The molecule has 0 unspecified atom stereocenters. The maximum atomic E-state index is 12.4. The minimum Gasteiger partial charge on any atom is -0.497 e. The minimum absolute atomic E-state index is 0.181. The Morgan fingerprint density at radius 3 is 2.41 bits per heavy atom. The summed E-state index contributed by atoms with van der Waals surface area (Å²) in [5.74, 6) is 1.26. The van der Waals surface area contributed by atoms with Gasteiger partial charge in [-0.25, -0.2) is 0 Å². The van der Waals surface area contributed by atoms with Gasteiger partial charge in [0.2, 0.25) is 0 Å². The van der Waals surface area contributed by atoms with Gasteiger partial charge in [-0.05, 0) is 54.3 Å². The van der Waals surface area contributed by atoms with Crippen LogP contribution in [-0.2, 0) is 6.54 Å². The molecule has 2 aromatic rings. The van der Waals surface area contributed by atoms with Crippen LogP contribution >= 0.6 is 0 Å². The fourth-order valence-electron chi connectivity index (χ4n) is 2.29. The number of pyridine rings is 1. The van der Waals surface area contributed by atoms with Gasteiger partial charge in [-0.2, -0.15) is 5.26 Å². The van der Waals surface area contributed by atoms with Gasteiger partial charge in [-0.3, -0.25) is 4.79 Å². The van der Waals surface area contributed by atoms with E-state index < -0.39 is 0 Å². The Labute approximate surface area is 130 Å². The minimum atomic E-state index is -0.225. The molecule has 22 heavy (non-hydrogen) atoms. The predicted octanol–water partition coefficient (Wildman–Crippen LogP) is 3.44. The molecule has 0 N–H and O–H groups in total. The summed E-state index contributed by atoms with van der Waals surface area (Å²) >= 11 is 0. The normalized spacial score (nSPS) is 10.5. The molecule has 114 valence electrons. The van der Waals surface area contributed by atoms with Crippen LogP contribution in [-0.4, -0.2) is 11.7 Å². The lowest BCUT2D eigenvalue weighted by molar-refractivity contribution is 0.415. The molecular weight excluding hydrogens is 276 g/mol. The van der Waals surface area contributed by atoms with Crippen molar-refractivity contribution in [2.24, 2.45) is 5.92 Å². The van der Waals surface area contributed by atoms with E-state index in [1.807, 2.05) is 36.4 Å². The largest absolute Gasteiger partial charge is 0.497 e. The average Bonchev–Trinajstić information content (AvgIpc) is 2.53. The number of benzene rings is 1. The fraction of sp³-hybridized carbons (Fsp3) is 0.333. The zero-order chi connectivity index (χ0) is 16.1. The number of rotatable bonds is 5. The summed E-state index contributed by atoms with van der Waals surface area (Å²) in [6, 6.07) is 13.0. The lowest BCUT2D eigenvalue weighted by atomic mass is 10.1. The Morgan fingerprint density at radius 1 is 1.18 bits per heavy atom. The van der Waals surface area contributed by atoms with E-state index in [9.17, 15) is 4.79 Å². The van der Waals surface area contributed by atoms with Crippen LogP contribution in [0.25, 0.3) is 11.3 Å². The summed E-state index contributed by atoms with van der Waals surface area (Å²) in [4.78, 5) is 12.4. The molecule has 1 aromatic carbocycles. The molecule has 0 atom stereocenters. The van der Waals surface area contributed by atoms with Crippen molar-refractivity contribution in [1.82, 2.24) is 4.57 Å². The maximum Gasteiger partial charge on any atom is 0.268 e. The van der Waals surface area contributed by atoms with E-state index in [1.165, 1.54) is 0 Å². The van der Waals surface area contributed by atoms with E-state index in [1.54, 1.807) is 17.7 Å². The van der Waals surface area contributed by atoms with E-state index in [-0.39, 0.29) is 11.1 Å². The number of methoxy groups -OCH3 is 1. The monoisotopic (exact) mass is 296 g/mol. The molecule has 0 radical (unpaired) electrons. The lowest BCUT2D eigenvalue weighted by Crippen LogP contribution is -2.24. The quantitative estimate of drug-likeness (QED) is 0.849. The highest BCUT2D eigenvalue weighted by atomic mass is 16.5. The average molecular weight is 296 g/mol. The van der Waals surface area contributed by atoms with Crippen molar-refractivity contribution in [3.8, 4) is 23.1 Å². The zero-order valence-corrected chi connectivity index (χ0v) is 13.2. The number of hydrogen-bond acceptors (Lipinski definition) is 3. The standard InChI is InChI=1S/C18H20N2O2/c1-13(2)10-11-20-17(9-6-15(12-19)18(20)21)14-4-7-16(22-3)8-5-14/h4-9,13H,10-11H2,1-3H3. The van der Waals surface area contributed by atoms with E-state index in [0.29, 0.717) is 12.5 Å². The summed E-state index contributed by atoms with van der Waals surface area (Å²) in [7, 11) is 1.62. The highest BCUT2D eigenvalue weighted by Crippen LogP contribution is 2.22. The second-order valence-corrected chi connectivity index (χ2v) is 5.61. The second-order valence-electron chi connectivity index (χ2n) is 5.61. The Bertz CT molecular complexity index is 737. The highest BCUT2D eigenvalue weighted by Gasteiger charge is 2.11. The van der Waals surface area contributed by atoms with Crippen molar-refractivity contribution in [3.63, 3.8) is 0 Å². The van der Waals surface area contributed by atoms with Crippen LogP contribution in [0.15, 0.2) is 41.2 Å². The third kappa shape index (κ3) is 3.37. The Balaban J connectivity index is 2.51. The smallest absolute Gasteiger partial charge is 0.268 e. The van der Waals surface area contributed by atoms with Crippen molar-refractivity contribution < 1.29 is 4.74 Å². The van der Waals surface area contributed by atoms with Crippen LogP contribution < -0.4 is 10.3 Å². The SMILES string of the molecule is COc1ccc(-c2ccc(C#N)c(=O)n2CCC(C)C)cc1. The topological polar surface area (TPSA) is 55.0 Å². The Morgan fingerprint density at radius 2 is 1.86 bits per heavy atom. The highest BCUT2D eigenvalue weighted by molar-refractivity contribution is 5.61. The van der Waals surface area contributed by atoms with E-state index in [0.717, 1.165) is 23.4 Å². The summed E-state index contributed by atoms with van der Waals surface area (Å²) < 4.78 is 6.86. The molecule has 0 amide bonds. The first-order valence-electron chi connectivity index (χ1n) is 7.35. The first-order chi connectivity index (χ1) is 10.6. The van der Waals surface area contributed by atoms with Gasteiger partial charge in [0.05, 0.1) is 12.8 Å². The van der Waals surface area contributed by atoms with Gasteiger partial charge < -0.3 is 9.30 Å². The predicted molar refractivity (Wildman–Crippen MR) is 86.9 cm³/mol. The van der Waals surface area contributed by atoms with E-state index in [2.05, 4.69) is 13.8 Å². The van der Waals surface area contributed by atoms with Gasteiger partial charge in [0.25, 0.3) is 5.56 Å². The fourth-order valence-corrected chi connectivity index (χ4v) is 2.29. The second kappa shape index (κ2) is 6.95. The molecular formula is C18H20N2O2. The summed E-state index contributed by atoms with van der Waals surface area (Å²) in [6.07, 6.45) is 0.887.